The third-order valence-electron chi connectivity index (χ3n) is 10.0. The van der Waals surface area contributed by atoms with Gasteiger partial charge in [0.1, 0.15) is 36.2 Å². The molecule has 6 aromatic carbocycles. The van der Waals surface area contributed by atoms with Crippen molar-refractivity contribution in [2.75, 3.05) is 204 Å². The normalized spacial score (nSPS) is 9.21. The van der Waals surface area contributed by atoms with Crippen molar-refractivity contribution in [3.05, 3.63) is 146 Å². The number of anilines is 6. The van der Waals surface area contributed by atoms with Crippen LogP contribution in [0.15, 0.2) is 146 Å². The Balaban J connectivity index is -0.000000186. The molecule has 30 heteroatoms. The Morgan fingerprint density at radius 2 is 0.587 bits per heavy atom. The van der Waals surface area contributed by atoms with Gasteiger partial charge in [-0.25, -0.2) is 4.21 Å². The van der Waals surface area contributed by atoms with Gasteiger partial charge >= 0.3 is 88.7 Å². The third-order valence-corrected chi connectivity index (χ3v) is 10.6. The maximum absolute atomic E-state index is 10.6. The molecule has 92 heavy (non-hydrogen) atoms. The van der Waals surface area contributed by atoms with Crippen LogP contribution >= 0.6 is 67.8 Å². The number of phenolic OH excluding ortho intramolecular Hbond substituents is 2. The van der Waals surface area contributed by atoms with E-state index in [1.165, 1.54) is 0 Å². The van der Waals surface area contributed by atoms with Gasteiger partial charge in [-0.1, -0.05) is 24.3 Å². The fraction of sp³-hybridized carbons (Fsp3) is 0.419. The minimum atomic E-state index is -1.67. The predicted molar refractivity (Wildman–Crippen MR) is 370 cm³/mol. The summed E-state index contributed by atoms with van der Waals surface area (Å²) in [5.41, 5.74) is 11.5. The van der Waals surface area contributed by atoms with Gasteiger partial charge < -0.3 is 94.8 Å². The van der Waals surface area contributed by atoms with Gasteiger partial charge in [0.05, 0.1) is 66.1 Å². The summed E-state index contributed by atoms with van der Waals surface area (Å²) >= 11 is 21.1. The van der Waals surface area contributed by atoms with E-state index in [-0.39, 0.29) is 125 Å². The number of ether oxygens (including phenoxy) is 6. The molecule has 0 aliphatic heterocycles. The van der Waals surface area contributed by atoms with Crippen LogP contribution in [0.1, 0.15) is 0 Å². The van der Waals surface area contributed by atoms with Crippen molar-refractivity contribution in [2.24, 2.45) is 0 Å². The first kappa shape index (κ1) is 103. The number of hydrogen-bond acceptors (Lipinski definition) is 20. The first-order valence-corrected chi connectivity index (χ1v) is 32.1. The number of phenols is 2. The molecule has 6 rings (SSSR count). The molecule has 0 fully saturated rings. The van der Waals surface area contributed by atoms with Crippen molar-refractivity contribution in [1.29, 1.82) is 0 Å². The number of nitrogen functional groups attached to an aromatic ring is 1. The van der Waals surface area contributed by atoms with Crippen LogP contribution in [0, 0.1) is 0 Å². The van der Waals surface area contributed by atoms with E-state index in [1.807, 2.05) is 170 Å². The second-order valence-electron chi connectivity index (χ2n) is 18.1. The van der Waals surface area contributed by atoms with Crippen molar-refractivity contribution in [3.63, 3.8) is 0 Å². The summed E-state index contributed by atoms with van der Waals surface area (Å²) in [4.78, 5) is 10.0. The van der Waals surface area contributed by atoms with E-state index in [2.05, 4.69) is 35.9 Å². The molecule has 7 N–H and O–H groups in total. The zero-order valence-corrected chi connectivity index (χ0v) is 66.9. The van der Waals surface area contributed by atoms with Gasteiger partial charge in [-0.15, -0.1) is 57.9 Å². The van der Waals surface area contributed by atoms with Crippen LogP contribution in [-0.2, 0) is 28.2 Å². The molecule has 0 aliphatic carbocycles. The number of aliphatic hydroxyl groups excluding tert-OH is 2. The summed E-state index contributed by atoms with van der Waals surface area (Å²) in [6.45, 7) is 5.25. The fourth-order valence-corrected chi connectivity index (χ4v) is 6.02. The molecule has 0 aliphatic rings. The Bertz CT molecular complexity index is 2280. The number of halogens is 6. The van der Waals surface area contributed by atoms with Crippen LogP contribution in [0.25, 0.3) is 0 Å². The fourth-order valence-electron chi connectivity index (χ4n) is 5.59. The Morgan fingerprint density at radius 3 is 0.804 bits per heavy atom. The van der Waals surface area contributed by atoms with Crippen LogP contribution in [0.4, 0.5) is 34.1 Å². The van der Waals surface area contributed by atoms with Gasteiger partial charge in [-0.2, -0.15) is 0 Å². The molecule has 0 amide bonds. The number of nitrogens with zero attached hydrogens (tertiary/aromatic N) is 5. The molecule has 506 valence electrons. The van der Waals surface area contributed by atoms with Gasteiger partial charge in [-0.3, -0.25) is 0 Å². The standard InChI is InChI=1S/C20H28N2O3.3C8H11NO.C6H7NO.2C4H8Cl2O.C4H10O3.Cl2OS.3Na.H2O/c1-21(2)17-5-9-19(10-6-17)24-15-13-23-14-16-25-20-11-7-18(8-12-20)22(3)4;3*1-9(2)7-3-5-8(10)6-4-7;7-5-1-3-6(8)4-2-5;3*5-1-3-7-4-2-6;1-4(2)3;;;;/h5-12H,13-16H2,1-4H3;3*3-6,10H,1-2H3;1-4,8H,7H2;2*1-4H2;5-6H,1-4H2;;;;;1H2/q;;;;;;;;;3*+1;/p-3. The van der Waals surface area contributed by atoms with Crippen LogP contribution in [0.5, 0.6) is 34.5 Å². The van der Waals surface area contributed by atoms with Crippen molar-refractivity contribution < 1.29 is 157 Å². The molecule has 0 bridgehead atoms. The van der Waals surface area contributed by atoms with E-state index in [9.17, 15) is 10.2 Å². The molecule has 0 unspecified atom stereocenters. The average molecular weight is 1460 g/mol. The molecule has 0 spiro atoms. The van der Waals surface area contributed by atoms with Gasteiger partial charge in [-0.05, 0) is 121 Å². The largest absolute Gasteiger partial charge is 1.00 e. The maximum Gasteiger partial charge on any atom is 1.00 e. The van der Waals surface area contributed by atoms with E-state index in [0.29, 0.717) is 101 Å². The van der Waals surface area contributed by atoms with Crippen molar-refractivity contribution in [1.82, 2.24) is 0 Å². The molecule has 20 nitrogen and oxygen atoms in total. The number of aliphatic hydroxyl groups is 2. The molecular weight excluding hydrogens is 1370 g/mol. The average Bonchev–Trinajstić information content (AvgIpc) is 3.03. The van der Waals surface area contributed by atoms with Gasteiger partial charge in [0.15, 0.2) is 0 Å². The molecule has 6 aromatic rings. The SMILES string of the molecule is CN(C)c1ccc(O)cc1.CN(C)c1ccc(OCCOCCOc2ccc(N(C)C)cc2)cc1.CN(C)c1ccc([O-])cc1.CN(C)c1ccc([O-])cc1.ClCCOCCCl.ClCCOCCCl.Nc1ccc(O)cc1.O=S(Cl)Cl.OCCOCCO.[Na+].[Na+].[Na+].[OH-]. The molecule has 0 aromatic heterocycles. The topological polar surface area (TPSA) is 272 Å². The second kappa shape index (κ2) is 71.3. The number of rotatable bonds is 25. The molecule has 0 saturated heterocycles. The molecule has 0 heterocycles. The quantitative estimate of drug-likeness (QED) is 0.0135. The van der Waals surface area contributed by atoms with E-state index in [0.717, 1.165) is 39.9 Å². The first-order chi connectivity index (χ1) is 41.9. The number of hydrogen-bond donors (Lipinski definition) is 5. The summed E-state index contributed by atoms with van der Waals surface area (Å²) in [6.07, 6.45) is 0. The van der Waals surface area contributed by atoms with E-state index in [1.54, 1.807) is 60.7 Å². The molecule has 0 atom stereocenters. The summed E-state index contributed by atoms with van der Waals surface area (Å²) in [5, 5.41) is 55.0. The van der Waals surface area contributed by atoms with Crippen molar-refractivity contribution in [2.45, 2.75) is 0 Å². The molecule has 0 saturated carbocycles. The van der Waals surface area contributed by atoms with Crippen LogP contribution in [-0.4, -0.2) is 203 Å². The van der Waals surface area contributed by atoms with Gasteiger partial charge in [0.2, 0.25) is 9.23 Å². The van der Waals surface area contributed by atoms with Crippen LogP contribution in [0.2, 0.25) is 0 Å². The second-order valence-corrected chi connectivity index (χ2v) is 22.1. The summed E-state index contributed by atoms with van der Waals surface area (Å²) < 4.78 is 40.3. The number of alkyl halides is 4. The van der Waals surface area contributed by atoms with E-state index >= 15 is 0 Å². The summed E-state index contributed by atoms with van der Waals surface area (Å²) in [6, 6.07) is 43.0. The minimum Gasteiger partial charge on any atom is -0.872 e. The number of nitrogens with two attached hydrogens (primary N) is 1. The number of benzene rings is 6. The minimum absolute atomic E-state index is 0. The number of aromatic hydroxyl groups is 2. The predicted octanol–water partition coefficient (Wildman–Crippen LogP) is 1.20. The Morgan fingerprint density at radius 1 is 0.380 bits per heavy atom. The van der Waals surface area contributed by atoms with Crippen molar-refractivity contribution >= 4 is 111 Å². The maximum atomic E-state index is 10.6. The zero-order chi connectivity index (χ0) is 66.9. The van der Waals surface area contributed by atoms with Crippen LogP contribution < -0.4 is 139 Å². The molecule has 0 radical (unpaired) electrons. The van der Waals surface area contributed by atoms with Crippen LogP contribution in [0.3, 0.4) is 0 Å². The monoisotopic (exact) mass is 1460 g/mol. The zero-order valence-electron chi connectivity index (χ0n) is 55.6. The van der Waals surface area contributed by atoms with Crippen molar-refractivity contribution in [3.8, 4) is 34.5 Å². The summed E-state index contributed by atoms with van der Waals surface area (Å²) in [5.74, 6) is 4.60. The van der Waals surface area contributed by atoms with E-state index in [4.69, 9.17) is 100 Å². The summed E-state index contributed by atoms with van der Waals surface area (Å²) in [7, 11) is 27.1. The van der Waals surface area contributed by atoms with Gasteiger partial charge in [0.25, 0.3) is 0 Å². The van der Waals surface area contributed by atoms with Gasteiger partial charge in [0, 0.05) is 149 Å². The Hall–Kier alpha value is -2.47. The first-order valence-electron chi connectivity index (χ1n) is 27.1. The smallest absolute Gasteiger partial charge is 0.872 e. The molecular formula is C62H93Cl6N6Na3O14S. The Labute approximate surface area is 645 Å². The Kier molecular flexibility index (Phi) is 79.8. The third kappa shape index (κ3) is 66.2. The van der Waals surface area contributed by atoms with E-state index < -0.39 is 9.23 Å².